The molecule has 0 aromatic rings. The molecule has 1 aliphatic rings. The first-order valence-electron chi connectivity index (χ1n) is 5.74. The van der Waals surface area contributed by atoms with Gasteiger partial charge in [-0.1, -0.05) is 6.92 Å². The lowest BCUT2D eigenvalue weighted by atomic mass is 9.98. The molecule has 1 heterocycles. The molecule has 0 atom stereocenters. The van der Waals surface area contributed by atoms with Gasteiger partial charge in [-0.3, -0.25) is 4.79 Å². The first-order chi connectivity index (χ1) is 6.76. The van der Waals surface area contributed by atoms with Gasteiger partial charge in [-0.25, -0.2) is 0 Å². The fraction of sp³-hybridized carbons (Fsp3) is 0.917. The molecule has 0 aliphatic carbocycles. The van der Waals surface area contributed by atoms with Crippen LogP contribution < -0.4 is 0 Å². The number of hydrogen-bond donors (Lipinski definition) is 0. The van der Waals surface area contributed by atoms with Crippen LogP contribution in [-0.2, 0) is 9.53 Å². The zero-order valence-corrected chi connectivity index (χ0v) is 10.6. The van der Waals surface area contributed by atoms with Crippen molar-refractivity contribution in [2.45, 2.75) is 58.7 Å². The molecule has 15 heavy (non-hydrogen) atoms. The smallest absolute Gasteiger partial charge is 0.222 e. The average Bonchev–Trinajstić information content (AvgIpc) is 1.98. The maximum absolute atomic E-state index is 11.8. The van der Waals surface area contributed by atoms with E-state index in [1.54, 1.807) is 0 Å². The van der Waals surface area contributed by atoms with Crippen LogP contribution in [0.25, 0.3) is 0 Å². The highest BCUT2D eigenvalue weighted by Crippen LogP contribution is 2.28. The van der Waals surface area contributed by atoms with E-state index < -0.39 is 0 Å². The van der Waals surface area contributed by atoms with Crippen molar-refractivity contribution in [3.05, 3.63) is 0 Å². The Bertz CT molecular complexity index is 230. The van der Waals surface area contributed by atoms with E-state index in [0.29, 0.717) is 19.5 Å². The summed E-state index contributed by atoms with van der Waals surface area (Å²) in [5.74, 6) is 0.252. The van der Waals surface area contributed by atoms with Gasteiger partial charge in [-0.05, 0) is 34.1 Å². The van der Waals surface area contributed by atoms with E-state index in [1.165, 1.54) is 0 Å². The number of carbonyl (C=O) groups excluding carboxylic acids is 1. The van der Waals surface area contributed by atoms with Gasteiger partial charge >= 0.3 is 0 Å². The monoisotopic (exact) mass is 213 g/mol. The second kappa shape index (κ2) is 4.12. The Morgan fingerprint density at radius 1 is 1.20 bits per heavy atom. The van der Waals surface area contributed by atoms with Crippen LogP contribution in [0.4, 0.5) is 0 Å². The minimum absolute atomic E-state index is 0.231. The van der Waals surface area contributed by atoms with E-state index in [2.05, 4.69) is 0 Å². The molecule has 0 saturated carbocycles. The van der Waals surface area contributed by atoms with Crippen LogP contribution in [0.2, 0.25) is 0 Å². The fourth-order valence-corrected chi connectivity index (χ4v) is 2.34. The molecule has 1 fully saturated rings. The maximum atomic E-state index is 11.8. The third-order valence-electron chi connectivity index (χ3n) is 2.51. The van der Waals surface area contributed by atoms with Crippen molar-refractivity contribution in [3.63, 3.8) is 0 Å². The summed E-state index contributed by atoms with van der Waals surface area (Å²) in [4.78, 5) is 13.8. The van der Waals surface area contributed by atoms with E-state index >= 15 is 0 Å². The summed E-state index contributed by atoms with van der Waals surface area (Å²) in [7, 11) is 0. The molecule has 0 bridgehead atoms. The highest BCUT2D eigenvalue weighted by Gasteiger charge is 2.39. The van der Waals surface area contributed by atoms with E-state index in [1.807, 2.05) is 39.5 Å². The number of carbonyl (C=O) groups is 1. The molecule has 3 heteroatoms. The molecule has 0 N–H and O–H groups in total. The molecule has 3 nitrogen and oxygen atoms in total. The first-order valence-corrected chi connectivity index (χ1v) is 5.74. The fourth-order valence-electron chi connectivity index (χ4n) is 2.34. The van der Waals surface area contributed by atoms with Crippen LogP contribution in [0, 0.1) is 0 Å². The summed E-state index contributed by atoms with van der Waals surface area (Å²) in [6.07, 6.45) is 1.56. The molecular weight excluding hydrogens is 190 g/mol. The maximum Gasteiger partial charge on any atom is 0.222 e. The predicted octanol–water partition coefficient (Wildman–Crippen LogP) is 2.20. The molecule has 1 aliphatic heterocycles. The second-order valence-electron chi connectivity index (χ2n) is 5.62. The van der Waals surface area contributed by atoms with Gasteiger partial charge in [0.25, 0.3) is 0 Å². The van der Waals surface area contributed by atoms with E-state index in [-0.39, 0.29) is 17.1 Å². The molecule has 1 rings (SSSR count). The molecule has 0 aromatic carbocycles. The Labute approximate surface area is 92.8 Å². The molecule has 0 aromatic heterocycles. The third-order valence-corrected chi connectivity index (χ3v) is 2.51. The van der Waals surface area contributed by atoms with Gasteiger partial charge in [-0.2, -0.15) is 0 Å². The highest BCUT2D eigenvalue weighted by atomic mass is 16.5. The third kappa shape index (κ3) is 3.49. The largest absolute Gasteiger partial charge is 0.366 e. The van der Waals surface area contributed by atoms with Gasteiger partial charge in [-0.15, -0.1) is 0 Å². The molecule has 0 spiro atoms. The lowest BCUT2D eigenvalue weighted by molar-refractivity contribution is -0.188. The Hall–Kier alpha value is -0.570. The van der Waals surface area contributed by atoms with E-state index in [0.717, 1.165) is 6.42 Å². The van der Waals surface area contributed by atoms with Crippen molar-refractivity contribution in [2.75, 3.05) is 13.1 Å². The molecular formula is C12H23NO2. The summed E-state index contributed by atoms with van der Waals surface area (Å²) in [6, 6.07) is 0. The molecule has 1 amide bonds. The van der Waals surface area contributed by atoms with Gasteiger partial charge in [0.2, 0.25) is 5.91 Å². The summed E-state index contributed by atoms with van der Waals surface area (Å²) in [6.45, 7) is 11.6. The van der Waals surface area contributed by atoms with Gasteiger partial charge in [0.1, 0.15) is 0 Å². The zero-order valence-electron chi connectivity index (χ0n) is 10.6. The minimum atomic E-state index is -0.231. The molecule has 0 radical (unpaired) electrons. The molecule has 0 unspecified atom stereocenters. The van der Waals surface area contributed by atoms with Crippen LogP contribution in [-0.4, -0.2) is 35.1 Å². The van der Waals surface area contributed by atoms with E-state index in [9.17, 15) is 4.79 Å². The normalized spacial score (nSPS) is 23.9. The van der Waals surface area contributed by atoms with Crippen molar-refractivity contribution >= 4 is 5.91 Å². The quantitative estimate of drug-likeness (QED) is 0.704. The Morgan fingerprint density at radius 2 is 1.67 bits per heavy atom. The van der Waals surface area contributed by atoms with Crippen molar-refractivity contribution in [2.24, 2.45) is 0 Å². The van der Waals surface area contributed by atoms with E-state index in [4.69, 9.17) is 4.74 Å². The zero-order chi connectivity index (χ0) is 11.7. The average molecular weight is 213 g/mol. The second-order valence-corrected chi connectivity index (χ2v) is 5.62. The standard InChI is InChI=1S/C12H23NO2/c1-6-7-10(14)13-8-11(2,3)15-12(4,5)9-13/h6-9H2,1-5H3. The van der Waals surface area contributed by atoms with Crippen LogP contribution in [0.5, 0.6) is 0 Å². The lowest BCUT2D eigenvalue weighted by Gasteiger charge is -2.47. The van der Waals surface area contributed by atoms with Crippen LogP contribution in [0.15, 0.2) is 0 Å². The minimum Gasteiger partial charge on any atom is -0.366 e. The van der Waals surface area contributed by atoms with Crippen LogP contribution in [0.3, 0.4) is 0 Å². The Balaban J connectivity index is 2.71. The Kier molecular flexibility index (Phi) is 3.44. The van der Waals surface area contributed by atoms with Gasteiger partial charge in [0.15, 0.2) is 0 Å². The number of amides is 1. The van der Waals surface area contributed by atoms with Gasteiger partial charge < -0.3 is 9.64 Å². The predicted molar refractivity (Wildman–Crippen MR) is 60.7 cm³/mol. The van der Waals surface area contributed by atoms with Gasteiger partial charge in [0.05, 0.1) is 11.2 Å². The van der Waals surface area contributed by atoms with Crippen molar-refractivity contribution in [1.29, 1.82) is 0 Å². The SMILES string of the molecule is CCCC(=O)N1CC(C)(C)OC(C)(C)C1. The van der Waals surface area contributed by atoms with Crippen molar-refractivity contribution in [3.8, 4) is 0 Å². The number of rotatable bonds is 2. The summed E-state index contributed by atoms with van der Waals surface area (Å²) < 4.78 is 5.93. The topological polar surface area (TPSA) is 29.5 Å². The van der Waals surface area contributed by atoms with Crippen LogP contribution >= 0.6 is 0 Å². The Morgan fingerprint density at radius 3 is 2.07 bits per heavy atom. The number of hydrogen-bond acceptors (Lipinski definition) is 2. The summed E-state index contributed by atoms with van der Waals surface area (Å²) in [5.41, 5.74) is -0.462. The number of nitrogens with zero attached hydrogens (tertiary/aromatic N) is 1. The van der Waals surface area contributed by atoms with Crippen LogP contribution in [0.1, 0.15) is 47.5 Å². The lowest BCUT2D eigenvalue weighted by Crippen LogP contribution is -2.58. The van der Waals surface area contributed by atoms with Gasteiger partial charge in [0, 0.05) is 19.5 Å². The van der Waals surface area contributed by atoms with Crippen molar-refractivity contribution in [1.82, 2.24) is 4.90 Å². The summed E-state index contributed by atoms with van der Waals surface area (Å²) >= 11 is 0. The first kappa shape index (κ1) is 12.5. The molecule has 88 valence electrons. The molecule has 1 saturated heterocycles. The number of morpholine rings is 1. The van der Waals surface area contributed by atoms with Crippen molar-refractivity contribution < 1.29 is 9.53 Å². The number of ether oxygens (including phenoxy) is 1. The highest BCUT2D eigenvalue weighted by molar-refractivity contribution is 5.76. The summed E-state index contributed by atoms with van der Waals surface area (Å²) in [5, 5.41) is 0.